The molecule has 0 saturated carbocycles. The lowest BCUT2D eigenvalue weighted by molar-refractivity contribution is 0.578. The summed E-state index contributed by atoms with van der Waals surface area (Å²) >= 11 is 7.34. The summed E-state index contributed by atoms with van der Waals surface area (Å²) in [6.07, 6.45) is 5.54. The summed E-state index contributed by atoms with van der Waals surface area (Å²) in [5.41, 5.74) is 2.85. The standard InChI is InChI=1S/C16H17ClN4S/c17-16-20-11-13(22-16)10-19-14-8-12(9-18)4-5-15(14)21-6-2-1-3-7-21/h4-5,8,11,19H,1-3,6-7,10H2. The smallest absolute Gasteiger partial charge is 0.183 e. The maximum Gasteiger partial charge on any atom is 0.183 e. The van der Waals surface area contributed by atoms with E-state index < -0.39 is 0 Å². The first-order valence-electron chi connectivity index (χ1n) is 7.39. The third kappa shape index (κ3) is 3.52. The molecular formula is C16H17ClN4S. The summed E-state index contributed by atoms with van der Waals surface area (Å²) in [6, 6.07) is 8.07. The van der Waals surface area contributed by atoms with Gasteiger partial charge in [-0.3, -0.25) is 0 Å². The molecule has 22 heavy (non-hydrogen) atoms. The highest BCUT2D eigenvalue weighted by atomic mass is 35.5. The summed E-state index contributed by atoms with van der Waals surface area (Å²) in [5.74, 6) is 0. The largest absolute Gasteiger partial charge is 0.378 e. The maximum absolute atomic E-state index is 9.14. The molecule has 1 aromatic heterocycles. The van der Waals surface area contributed by atoms with Crippen LogP contribution < -0.4 is 10.2 Å². The Bertz CT molecular complexity index is 686. The highest BCUT2D eigenvalue weighted by Gasteiger charge is 2.15. The molecule has 0 amide bonds. The van der Waals surface area contributed by atoms with Crippen molar-refractivity contribution in [2.24, 2.45) is 0 Å². The van der Waals surface area contributed by atoms with Crippen LogP contribution in [0.25, 0.3) is 0 Å². The van der Waals surface area contributed by atoms with E-state index in [1.54, 1.807) is 6.20 Å². The maximum atomic E-state index is 9.14. The normalized spacial score (nSPS) is 14.6. The Morgan fingerprint density at radius 1 is 1.32 bits per heavy atom. The Morgan fingerprint density at radius 2 is 2.14 bits per heavy atom. The van der Waals surface area contributed by atoms with Crippen LogP contribution in [0, 0.1) is 11.3 Å². The van der Waals surface area contributed by atoms with E-state index in [-0.39, 0.29) is 0 Å². The summed E-state index contributed by atoms with van der Waals surface area (Å²) in [7, 11) is 0. The summed E-state index contributed by atoms with van der Waals surface area (Å²) in [6.45, 7) is 2.82. The molecule has 6 heteroatoms. The number of thiazole rings is 1. The van der Waals surface area contributed by atoms with Crippen molar-refractivity contribution in [3.63, 3.8) is 0 Å². The molecular weight excluding hydrogens is 316 g/mol. The zero-order valence-corrected chi connectivity index (χ0v) is 13.8. The van der Waals surface area contributed by atoms with E-state index >= 15 is 0 Å². The van der Waals surface area contributed by atoms with E-state index in [1.165, 1.54) is 36.3 Å². The average molecular weight is 333 g/mol. The molecule has 1 aliphatic heterocycles. The minimum atomic E-state index is 0.554. The van der Waals surface area contributed by atoms with Gasteiger partial charge in [0.25, 0.3) is 0 Å². The van der Waals surface area contributed by atoms with Crippen molar-refractivity contribution in [2.75, 3.05) is 23.3 Å². The van der Waals surface area contributed by atoms with Crippen LogP contribution in [0.5, 0.6) is 0 Å². The molecule has 0 radical (unpaired) electrons. The van der Waals surface area contributed by atoms with Crippen molar-refractivity contribution in [1.29, 1.82) is 5.26 Å². The van der Waals surface area contributed by atoms with Gasteiger partial charge >= 0.3 is 0 Å². The van der Waals surface area contributed by atoms with Gasteiger partial charge in [-0.05, 0) is 37.5 Å². The lowest BCUT2D eigenvalue weighted by atomic mass is 10.1. The monoisotopic (exact) mass is 332 g/mol. The lowest BCUT2D eigenvalue weighted by Gasteiger charge is -2.30. The molecule has 1 fully saturated rings. The summed E-state index contributed by atoms with van der Waals surface area (Å²) in [5, 5.41) is 12.6. The first-order valence-corrected chi connectivity index (χ1v) is 8.59. The number of piperidine rings is 1. The molecule has 4 nitrogen and oxygen atoms in total. The fourth-order valence-corrected chi connectivity index (χ4v) is 3.62. The fraction of sp³-hybridized carbons (Fsp3) is 0.375. The second-order valence-electron chi connectivity index (χ2n) is 5.32. The Morgan fingerprint density at radius 3 is 2.82 bits per heavy atom. The minimum absolute atomic E-state index is 0.554. The first-order chi connectivity index (χ1) is 10.8. The van der Waals surface area contributed by atoms with Crippen LogP contribution in [0.2, 0.25) is 4.47 Å². The van der Waals surface area contributed by atoms with E-state index in [0.717, 1.165) is 23.7 Å². The van der Waals surface area contributed by atoms with Gasteiger partial charge in [0, 0.05) is 24.2 Å². The molecule has 1 aliphatic rings. The van der Waals surface area contributed by atoms with Gasteiger partial charge in [-0.25, -0.2) is 4.98 Å². The van der Waals surface area contributed by atoms with Crippen LogP contribution in [-0.4, -0.2) is 18.1 Å². The number of rotatable bonds is 4. The van der Waals surface area contributed by atoms with Gasteiger partial charge in [0.2, 0.25) is 0 Å². The molecule has 0 unspecified atom stereocenters. The van der Waals surface area contributed by atoms with Gasteiger partial charge in [-0.15, -0.1) is 11.3 Å². The Balaban J connectivity index is 1.81. The van der Waals surface area contributed by atoms with Crippen LogP contribution in [0.15, 0.2) is 24.4 Å². The van der Waals surface area contributed by atoms with Gasteiger partial charge in [-0.2, -0.15) is 5.26 Å². The van der Waals surface area contributed by atoms with Crippen LogP contribution >= 0.6 is 22.9 Å². The van der Waals surface area contributed by atoms with E-state index in [0.29, 0.717) is 16.6 Å². The van der Waals surface area contributed by atoms with Gasteiger partial charge in [0.05, 0.1) is 29.6 Å². The summed E-state index contributed by atoms with van der Waals surface area (Å²) < 4.78 is 0.554. The molecule has 0 bridgehead atoms. The van der Waals surface area contributed by atoms with E-state index in [2.05, 4.69) is 21.3 Å². The quantitative estimate of drug-likeness (QED) is 0.908. The highest BCUT2D eigenvalue weighted by molar-refractivity contribution is 7.15. The number of nitrogens with zero attached hydrogens (tertiary/aromatic N) is 3. The lowest BCUT2D eigenvalue weighted by Crippen LogP contribution is -2.30. The number of hydrogen-bond donors (Lipinski definition) is 1. The number of benzene rings is 1. The van der Waals surface area contributed by atoms with Crippen LogP contribution in [0.4, 0.5) is 11.4 Å². The first kappa shape index (κ1) is 15.1. The molecule has 2 aromatic rings. The average Bonchev–Trinajstić information content (AvgIpc) is 2.99. The number of nitrogens with one attached hydrogen (secondary N) is 1. The van der Waals surface area contributed by atoms with Crippen LogP contribution in [-0.2, 0) is 6.54 Å². The van der Waals surface area contributed by atoms with Gasteiger partial charge in [0.15, 0.2) is 4.47 Å². The van der Waals surface area contributed by atoms with Crippen molar-refractivity contribution in [1.82, 2.24) is 4.98 Å². The Hall–Kier alpha value is -1.77. The molecule has 0 aliphatic carbocycles. The third-order valence-electron chi connectivity index (χ3n) is 3.80. The number of anilines is 2. The predicted octanol–water partition coefficient (Wildman–Crippen LogP) is 4.27. The van der Waals surface area contributed by atoms with Crippen LogP contribution in [0.1, 0.15) is 29.7 Å². The van der Waals surface area contributed by atoms with Crippen LogP contribution in [0.3, 0.4) is 0 Å². The van der Waals surface area contributed by atoms with Crippen molar-refractivity contribution >= 4 is 34.3 Å². The van der Waals surface area contributed by atoms with Gasteiger partial charge < -0.3 is 10.2 Å². The number of nitriles is 1. The van der Waals surface area contributed by atoms with Gasteiger partial charge in [-0.1, -0.05) is 11.6 Å². The second kappa shape index (κ2) is 6.99. The SMILES string of the molecule is N#Cc1ccc(N2CCCCC2)c(NCc2cnc(Cl)s2)c1. The Kier molecular flexibility index (Phi) is 4.81. The van der Waals surface area contributed by atoms with E-state index in [9.17, 15) is 0 Å². The van der Waals surface area contributed by atoms with Crippen molar-refractivity contribution < 1.29 is 0 Å². The molecule has 1 N–H and O–H groups in total. The zero-order valence-electron chi connectivity index (χ0n) is 12.2. The van der Waals surface area contributed by atoms with Gasteiger partial charge in [0.1, 0.15) is 0 Å². The Labute approximate surface area is 139 Å². The number of aromatic nitrogens is 1. The molecule has 0 atom stereocenters. The molecule has 114 valence electrons. The molecule has 1 saturated heterocycles. The fourth-order valence-electron chi connectivity index (χ4n) is 2.71. The number of halogens is 1. The molecule has 3 rings (SSSR count). The van der Waals surface area contributed by atoms with Crippen molar-refractivity contribution in [2.45, 2.75) is 25.8 Å². The van der Waals surface area contributed by atoms with Crippen molar-refractivity contribution in [3.8, 4) is 6.07 Å². The molecule has 2 heterocycles. The van der Waals surface area contributed by atoms with E-state index in [1.807, 2.05) is 18.2 Å². The zero-order chi connectivity index (χ0) is 15.4. The molecule has 1 aromatic carbocycles. The second-order valence-corrected chi connectivity index (χ2v) is 7.02. The summed E-state index contributed by atoms with van der Waals surface area (Å²) in [4.78, 5) is 7.53. The van der Waals surface area contributed by atoms with E-state index in [4.69, 9.17) is 16.9 Å². The number of hydrogen-bond acceptors (Lipinski definition) is 5. The predicted molar refractivity (Wildman–Crippen MR) is 91.7 cm³/mol. The minimum Gasteiger partial charge on any atom is -0.378 e. The topological polar surface area (TPSA) is 52.0 Å². The molecule has 0 spiro atoms. The van der Waals surface area contributed by atoms with Crippen molar-refractivity contribution in [3.05, 3.63) is 39.3 Å². The third-order valence-corrected chi connectivity index (χ3v) is 4.92. The highest BCUT2D eigenvalue weighted by Crippen LogP contribution is 2.30.